The lowest BCUT2D eigenvalue weighted by molar-refractivity contribution is -0.138. The highest BCUT2D eigenvalue weighted by molar-refractivity contribution is 5.51. The third-order valence-corrected chi connectivity index (χ3v) is 4.31. The van der Waals surface area contributed by atoms with E-state index in [1.807, 2.05) is 7.05 Å². The molecule has 2 nitrogen and oxygen atoms in total. The highest BCUT2D eigenvalue weighted by Crippen LogP contribution is 2.34. The normalized spacial score (nSPS) is 17.0. The molecule has 0 heterocycles. The van der Waals surface area contributed by atoms with Crippen LogP contribution in [0.25, 0.3) is 0 Å². The number of anilines is 1. The summed E-state index contributed by atoms with van der Waals surface area (Å²) in [4.78, 5) is 2.05. The average molecular weight is 300 g/mol. The van der Waals surface area contributed by atoms with Gasteiger partial charge in [0.05, 0.1) is 5.56 Å². The molecule has 1 aliphatic rings. The maximum Gasteiger partial charge on any atom is 0.416 e. The zero-order chi connectivity index (χ0) is 15.5. The fraction of sp³-hybridized carbons (Fsp3) is 0.625. The number of rotatable bonds is 4. The van der Waals surface area contributed by atoms with Crippen molar-refractivity contribution < 1.29 is 13.2 Å². The Hall–Kier alpha value is -1.23. The number of nitrogens with zero attached hydrogens (tertiary/aromatic N) is 1. The quantitative estimate of drug-likeness (QED) is 0.904. The number of benzene rings is 1. The molecule has 1 saturated carbocycles. The van der Waals surface area contributed by atoms with Crippen molar-refractivity contribution in [3.05, 3.63) is 29.3 Å². The number of nitrogens with two attached hydrogens (primary N) is 1. The standard InChI is InChI=1S/C16H23F3N2/c1-21(11-12-5-3-2-4-6-12)14-7-8-15(16(17,18)19)13(9-14)10-20/h7-9,12H,2-6,10-11,20H2,1H3. The van der Waals surface area contributed by atoms with E-state index >= 15 is 0 Å². The van der Waals surface area contributed by atoms with Crippen molar-refractivity contribution in [3.63, 3.8) is 0 Å². The van der Waals surface area contributed by atoms with Gasteiger partial charge in [0, 0.05) is 25.8 Å². The van der Waals surface area contributed by atoms with E-state index in [2.05, 4.69) is 4.90 Å². The van der Waals surface area contributed by atoms with Crippen molar-refractivity contribution in [3.8, 4) is 0 Å². The van der Waals surface area contributed by atoms with Gasteiger partial charge in [0.15, 0.2) is 0 Å². The maximum atomic E-state index is 12.9. The van der Waals surface area contributed by atoms with Crippen LogP contribution < -0.4 is 10.6 Å². The van der Waals surface area contributed by atoms with Crippen molar-refractivity contribution in [1.82, 2.24) is 0 Å². The third kappa shape index (κ3) is 4.13. The van der Waals surface area contributed by atoms with Crippen LogP contribution in [0, 0.1) is 5.92 Å². The minimum absolute atomic E-state index is 0.0973. The fourth-order valence-corrected chi connectivity index (χ4v) is 3.13. The van der Waals surface area contributed by atoms with Crippen molar-refractivity contribution in [2.24, 2.45) is 11.7 Å². The molecule has 5 heteroatoms. The highest BCUT2D eigenvalue weighted by Gasteiger charge is 2.33. The van der Waals surface area contributed by atoms with Crippen LogP contribution in [0.1, 0.15) is 43.2 Å². The largest absolute Gasteiger partial charge is 0.416 e. The van der Waals surface area contributed by atoms with Gasteiger partial charge in [-0.1, -0.05) is 19.3 Å². The van der Waals surface area contributed by atoms with Crippen molar-refractivity contribution >= 4 is 5.69 Å². The molecular formula is C16H23F3N2. The minimum Gasteiger partial charge on any atom is -0.374 e. The third-order valence-electron chi connectivity index (χ3n) is 4.31. The molecule has 0 aliphatic heterocycles. The molecule has 0 aromatic heterocycles. The molecule has 0 bridgehead atoms. The first kappa shape index (κ1) is 16.1. The first-order valence-corrected chi connectivity index (χ1v) is 7.53. The maximum absolute atomic E-state index is 12.9. The van der Waals surface area contributed by atoms with E-state index in [9.17, 15) is 13.2 Å². The Bertz CT molecular complexity index is 465. The van der Waals surface area contributed by atoms with Crippen LogP contribution in [-0.4, -0.2) is 13.6 Å². The lowest BCUT2D eigenvalue weighted by Gasteiger charge is -2.29. The Morgan fingerprint density at radius 3 is 2.43 bits per heavy atom. The van der Waals surface area contributed by atoms with Gasteiger partial charge in [0.1, 0.15) is 0 Å². The Balaban J connectivity index is 2.12. The van der Waals surface area contributed by atoms with Gasteiger partial charge in [0.2, 0.25) is 0 Å². The molecule has 2 rings (SSSR count). The lowest BCUT2D eigenvalue weighted by Crippen LogP contribution is -2.27. The van der Waals surface area contributed by atoms with Gasteiger partial charge < -0.3 is 10.6 Å². The van der Waals surface area contributed by atoms with E-state index in [-0.39, 0.29) is 12.1 Å². The average Bonchev–Trinajstić information content (AvgIpc) is 2.46. The van der Waals surface area contributed by atoms with Crippen LogP contribution in [0.2, 0.25) is 0 Å². The van der Waals surface area contributed by atoms with Gasteiger partial charge in [-0.25, -0.2) is 0 Å². The molecular weight excluding hydrogens is 277 g/mol. The summed E-state index contributed by atoms with van der Waals surface area (Å²) in [5.74, 6) is 0.646. The highest BCUT2D eigenvalue weighted by atomic mass is 19.4. The monoisotopic (exact) mass is 300 g/mol. The summed E-state index contributed by atoms with van der Waals surface area (Å²) >= 11 is 0. The summed E-state index contributed by atoms with van der Waals surface area (Å²) in [6.07, 6.45) is 1.93. The summed E-state index contributed by atoms with van der Waals surface area (Å²) in [5.41, 5.74) is 5.83. The van der Waals surface area contributed by atoms with Crippen LogP contribution in [0.15, 0.2) is 18.2 Å². The number of halogens is 3. The van der Waals surface area contributed by atoms with Crippen LogP contribution in [0.3, 0.4) is 0 Å². The van der Waals surface area contributed by atoms with Gasteiger partial charge in [0.25, 0.3) is 0 Å². The summed E-state index contributed by atoms with van der Waals surface area (Å²) in [6.45, 7) is 0.801. The van der Waals surface area contributed by atoms with E-state index in [1.54, 1.807) is 12.1 Å². The SMILES string of the molecule is CN(CC1CCCCC1)c1ccc(C(F)(F)F)c(CN)c1. The summed E-state index contributed by atoms with van der Waals surface area (Å²) in [5, 5.41) is 0. The zero-order valence-electron chi connectivity index (χ0n) is 12.4. The second-order valence-corrected chi connectivity index (χ2v) is 5.93. The molecule has 0 saturated heterocycles. The van der Waals surface area contributed by atoms with Crippen molar-refractivity contribution in [2.75, 3.05) is 18.5 Å². The number of hydrogen-bond acceptors (Lipinski definition) is 2. The van der Waals surface area contributed by atoms with Crippen LogP contribution in [0.5, 0.6) is 0 Å². The Morgan fingerprint density at radius 2 is 1.86 bits per heavy atom. The smallest absolute Gasteiger partial charge is 0.374 e. The van der Waals surface area contributed by atoms with E-state index in [0.29, 0.717) is 5.92 Å². The van der Waals surface area contributed by atoms with Gasteiger partial charge >= 0.3 is 6.18 Å². The van der Waals surface area contributed by atoms with Gasteiger partial charge in [-0.15, -0.1) is 0 Å². The van der Waals surface area contributed by atoms with Crippen LogP contribution in [0.4, 0.5) is 18.9 Å². The Morgan fingerprint density at radius 1 is 1.19 bits per heavy atom. The summed E-state index contributed by atoms with van der Waals surface area (Å²) in [6, 6.07) is 4.27. The molecule has 1 aromatic rings. The van der Waals surface area contributed by atoms with Crippen molar-refractivity contribution in [1.29, 1.82) is 0 Å². The minimum atomic E-state index is -4.34. The van der Waals surface area contributed by atoms with E-state index in [4.69, 9.17) is 5.73 Å². The molecule has 1 fully saturated rings. The molecule has 0 unspecified atom stereocenters. The summed E-state index contributed by atoms with van der Waals surface area (Å²) in [7, 11) is 1.94. The Kier molecular flexibility index (Phi) is 5.14. The molecule has 1 aromatic carbocycles. The molecule has 118 valence electrons. The number of alkyl halides is 3. The zero-order valence-corrected chi connectivity index (χ0v) is 12.4. The van der Waals surface area contributed by atoms with E-state index in [0.717, 1.165) is 18.3 Å². The molecule has 0 amide bonds. The predicted octanol–water partition coefficient (Wildman–Crippen LogP) is 4.18. The van der Waals surface area contributed by atoms with Crippen LogP contribution >= 0.6 is 0 Å². The van der Waals surface area contributed by atoms with E-state index < -0.39 is 11.7 Å². The number of hydrogen-bond donors (Lipinski definition) is 1. The molecule has 0 radical (unpaired) electrons. The first-order chi connectivity index (χ1) is 9.91. The predicted molar refractivity (Wildman–Crippen MR) is 79.2 cm³/mol. The molecule has 1 aliphatic carbocycles. The fourth-order valence-electron chi connectivity index (χ4n) is 3.13. The van der Waals surface area contributed by atoms with E-state index in [1.165, 1.54) is 32.1 Å². The molecule has 0 spiro atoms. The molecule has 21 heavy (non-hydrogen) atoms. The van der Waals surface area contributed by atoms with Gasteiger partial charge in [-0.05, 0) is 42.5 Å². The second kappa shape index (κ2) is 6.69. The van der Waals surface area contributed by atoms with Crippen LogP contribution in [-0.2, 0) is 12.7 Å². The second-order valence-electron chi connectivity index (χ2n) is 5.93. The molecule has 0 atom stereocenters. The van der Waals surface area contributed by atoms with Crippen molar-refractivity contribution in [2.45, 2.75) is 44.8 Å². The first-order valence-electron chi connectivity index (χ1n) is 7.53. The summed E-state index contributed by atoms with van der Waals surface area (Å²) < 4.78 is 38.6. The van der Waals surface area contributed by atoms with Gasteiger partial charge in [-0.3, -0.25) is 0 Å². The van der Waals surface area contributed by atoms with Gasteiger partial charge in [-0.2, -0.15) is 13.2 Å². The molecule has 2 N–H and O–H groups in total. The topological polar surface area (TPSA) is 29.3 Å². The Labute approximate surface area is 124 Å². The lowest BCUT2D eigenvalue weighted by atomic mass is 9.89.